The van der Waals surface area contributed by atoms with E-state index in [1.165, 1.54) is 11.0 Å². The second kappa shape index (κ2) is 12.5. The standard InChI is InChI=1S/C33H31ClF2N6O3/c1-19(35)32(44)42-14-13-41(17-22(42)16-37-2)31-24-15-26(43)28(23-10-4-7-20-8-5-11-25(34)27(20)23)29(36)30(24)38-33(39-31)45-18-21-9-6-12-40(21)3/h4-5,7-8,10-11,15,21-22,43H,1,6,9,12-14,16-18H2,3H3/t21-,22-/m0/s1. The number of hydrogen-bond donors (Lipinski definition) is 1. The van der Waals surface area contributed by atoms with Gasteiger partial charge in [0.05, 0.1) is 5.56 Å². The number of phenols is 1. The van der Waals surface area contributed by atoms with E-state index in [1.807, 2.05) is 19.2 Å². The van der Waals surface area contributed by atoms with Crippen LogP contribution in [0.2, 0.25) is 5.02 Å². The van der Waals surface area contributed by atoms with E-state index in [0.29, 0.717) is 22.6 Å². The number of likely N-dealkylation sites (tertiary alicyclic amines) is 1. The Balaban J connectivity index is 1.49. The van der Waals surface area contributed by atoms with Crippen molar-refractivity contribution in [2.45, 2.75) is 24.9 Å². The molecule has 0 spiro atoms. The zero-order chi connectivity index (χ0) is 31.8. The van der Waals surface area contributed by atoms with Crippen LogP contribution < -0.4 is 9.64 Å². The van der Waals surface area contributed by atoms with Gasteiger partial charge in [0.15, 0.2) is 11.6 Å². The van der Waals surface area contributed by atoms with Gasteiger partial charge in [-0.1, -0.05) is 48.5 Å². The Morgan fingerprint density at radius 1 is 1.20 bits per heavy atom. The summed E-state index contributed by atoms with van der Waals surface area (Å²) in [7, 11) is 2.02. The minimum Gasteiger partial charge on any atom is -0.507 e. The van der Waals surface area contributed by atoms with E-state index in [1.54, 1.807) is 29.2 Å². The highest BCUT2D eigenvalue weighted by molar-refractivity contribution is 6.36. The van der Waals surface area contributed by atoms with Crippen LogP contribution in [-0.2, 0) is 4.79 Å². The Bertz CT molecular complexity index is 1860. The van der Waals surface area contributed by atoms with Gasteiger partial charge in [0.1, 0.15) is 29.7 Å². The Hall–Kier alpha value is -4.53. The van der Waals surface area contributed by atoms with Gasteiger partial charge in [0.25, 0.3) is 5.91 Å². The molecule has 2 aliphatic rings. The predicted octanol–water partition coefficient (Wildman–Crippen LogP) is 5.84. The number of benzene rings is 3. The lowest BCUT2D eigenvalue weighted by Crippen LogP contribution is -2.56. The van der Waals surface area contributed by atoms with Crippen LogP contribution in [0, 0.1) is 12.4 Å². The fourth-order valence-electron chi connectivity index (χ4n) is 6.34. The van der Waals surface area contributed by atoms with Crippen molar-refractivity contribution in [1.29, 1.82) is 0 Å². The highest BCUT2D eigenvalue weighted by Gasteiger charge is 2.36. The molecule has 0 saturated carbocycles. The Kier molecular flexibility index (Phi) is 8.44. The SMILES string of the molecule is [C-]#[N+]C[C@H]1CN(c2nc(OC[C@@H]3CCCN3C)nc3c(F)c(-c4cccc5cccc(Cl)c45)c(O)cc23)CCN1C(=O)C(=C)F. The maximum absolute atomic E-state index is 16.7. The molecule has 0 radical (unpaired) electrons. The maximum Gasteiger partial charge on any atom is 0.319 e. The van der Waals surface area contributed by atoms with Crippen LogP contribution >= 0.6 is 11.6 Å². The summed E-state index contributed by atoms with van der Waals surface area (Å²) in [4.78, 5) is 30.4. The molecule has 2 saturated heterocycles. The number of halogens is 3. The van der Waals surface area contributed by atoms with Crippen LogP contribution in [0.25, 0.3) is 37.6 Å². The van der Waals surface area contributed by atoms with E-state index in [-0.39, 0.29) is 66.3 Å². The van der Waals surface area contributed by atoms with Crippen molar-refractivity contribution in [2.24, 2.45) is 0 Å². The van der Waals surface area contributed by atoms with Crippen molar-refractivity contribution < 1.29 is 23.4 Å². The number of rotatable bonds is 7. The van der Waals surface area contributed by atoms with Crippen LogP contribution in [0.1, 0.15) is 12.8 Å². The van der Waals surface area contributed by atoms with Crippen molar-refractivity contribution in [3.63, 3.8) is 0 Å². The number of ether oxygens (including phenoxy) is 1. The first-order chi connectivity index (χ1) is 21.7. The number of hydrogen-bond acceptors (Lipinski definition) is 7. The van der Waals surface area contributed by atoms with Gasteiger partial charge in [0, 0.05) is 41.5 Å². The Morgan fingerprint density at radius 3 is 2.69 bits per heavy atom. The number of fused-ring (bicyclic) bond motifs is 2. The van der Waals surface area contributed by atoms with Crippen molar-refractivity contribution in [2.75, 3.05) is 51.3 Å². The van der Waals surface area contributed by atoms with Crippen LogP contribution in [0.5, 0.6) is 11.8 Å². The van der Waals surface area contributed by atoms with Gasteiger partial charge in [-0.15, -0.1) is 0 Å². The lowest BCUT2D eigenvalue weighted by Gasteiger charge is -2.39. The van der Waals surface area contributed by atoms with Crippen molar-refractivity contribution in [1.82, 2.24) is 19.8 Å². The summed E-state index contributed by atoms with van der Waals surface area (Å²) in [6, 6.07) is 11.5. The van der Waals surface area contributed by atoms with E-state index in [2.05, 4.69) is 26.3 Å². The zero-order valence-electron chi connectivity index (χ0n) is 24.6. The second-order valence-corrected chi connectivity index (χ2v) is 11.8. The van der Waals surface area contributed by atoms with E-state index in [4.69, 9.17) is 22.9 Å². The molecule has 9 nitrogen and oxygen atoms in total. The van der Waals surface area contributed by atoms with Crippen molar-refractivity contribution in [3.8, 4) is 22.9 Å². The monoisotopic (exact) mass is 632 g/mol. The molecule has 1 amide bonds. The molecule has 4 aromatic rings. The molecule has 3 heterocycles. The number of carbonyl (C=O) groups excluding carboxylic acids is 1. The first-order valence-electron chi connectivity index (χ1n) is 14.6. The van der Waals surface area contributed by atoms with Crippen LogP contribution in [-0.4, -0.2) is 89.2 Å². The second-order valence-electron chi connectivity index (χ2n) is 11.4. The smallest absolute Gasteiger partial charge is 0.319 e. The minimum atomic E-state index is -1.11. The number of likely N-dealkylation sites (N-methyl/N-ethyl adjacent to an activating group) is 1. The van der Waals surface area contributed by atoms with Gasteiger partial charge >= 0.3 is 6.01 Å². The van der Waals surface area contributed by atoms with Crippen molar-refractivity contribution in [3.05, 3.63) is 77.1 Å². The number of amides is 1. The van der Waals surface area contributed by atoms with Crippen LogP contribution in [0.15, 0.2) is 54.9 Å². The molecule has 12 heteroatoms. The number of nitrogens with zero attached hydrogens (tertiary/aromatic N) is 6. The first kappa shape index (κ1) is 30.5. The van der Waals surface area contributed by atoms with E-state index < -0.39 is 23.6 Å². The molecular weight excluding hydrogens is 602 g/mol. The quantitative estimate of drug-likeness (QED) is 0.202. The van der Waals surface area contributed by atoms with E-state index in [9.17, 15) is 14.3 Å². The average molecular weight is 633 g/mol. The first-order valence-corrected chi connectivity index (χ1v) is 15.0. The lowest BCUT2D eigenvalue weighted by molar-refractivity contribution is -0.131. The van der Waals surface area contributed by atoms with Gasteiger partial charge in [-0.05, 0) is 49.5 Å². The topological polar surface area (TPSA) is 86.4 Å². The average Bonchev–Trinajstić information content (AvgIpc) is 3.44. The van der Waals surface area contributed by atoms with Gasteiger partial charge in [0.2, 0.25) is 6.54 Å². The van der Waals surface area contributed by atoms with E-state index >= 15 is 4.39 Å². The minimum absolute atomic E-state index is 0.0401. The molecule has 6 rings (SSSR count). The number of piperazine rings is 1. The molecule has 232 valence electrons. The number of anilines is 1. The fourth-order valence-corrected chi connectivity index (χ4v) is 6.62. The highest BCUT2D eigenvalue weighted by atomic mass is 35.5. The number of aromatic nitrogens is 2. The van der Waals surface area contributed by atoms with Crippen LogP contribution in [0.4, 0.5) is 14.6 Å². The van der Waals surface area contributed by atoms with Crippen LogP contribution in [0.3, 0.4) is 0 Å². The predicted molar refractivity (Wildman–Crippen MR) is 170 cm³/mol. The molecule has 1 N–H and O–H groups in total. The summed E-state index contributed by atoms with van der Waals surface area (Å²) in [6.45, 7) is 12.1. The summed E-state index contributed by atoms with van der Waals surface area (Å²) in [5.41, 5.74) is 0.278. The van der Waals surface area contributed by atoms with Gasteiger partial charge in [-0.25, -0.2) is 15.4 Å². The molecule has 0 bridgehead atoms. The molecule has 0 aliphatic carbocycles. The molecule has 45 heavy (non-hydrogen) atoms. The highest BCUT2D eigenvalue weighted by Crippen LogP contribution is 2.43. The largest absolute Gasteiger partial charge is 0.507 e. The molecule has 2 fully saturated rings. The third-order valence-corrected chi connectivity index (χ3v) is 8.96. The maximum atomic E-state index is 16.7. The summed E-state index contributed by atoms with van der Waals surface area (Å²) >= 11 is 6.56. The van der Waals surface area contributed by atoms with Crippen molar-refractivity contribution >= 4 is 45.0 Å². The Labute approximate surface area is 264 Å². The summed E-state index contributed by atoms with van der Waals surface area (Å²) in [5.74, 6) is -2.82. The third-order valence-electron chi connectivity index (χ3n) is 8.65. The number of carbonyl (C=O) groups is 1. The fraction of sp³-hybridized carbons (Fsp3) is 0.333. The number of phenolic OH excluding ortho intramolecular Hbond substituents is 1. The van der Waals surface area contributed by atoms with E-state index in [0.717, 1.165) is 24.8 Å². The molecule has 2 atom stereocenters. The van der Waals surface area contributed by atoms with Gasteiger partial charge in [-0.2, -0.15) is 9.97 Å². The summed E-state index contributed by atoms with van der Waals surface area (Å²) in [6.07, 6.45) is 1.98. The number of aromatic hydroxyl groups is 1. The molecule has 3 aromatic carbocycles. The lowest BCUT2D eigenvalue weighted by atomic mass is 9.95. The van der Waals surface area contributed by atoms with Gasteiger partial charge in [-0.3, -0.25) is 4.79 Å². The summed E-state index contributed by atoms with van der Waals surface area (Å²) in [5, 5.41) is 13.3. The zero-order valence-corrected chi connectivity index (χ0v) is 25.4. The Morgan fingerprint density at radius 2 is 1.98 bits per heavy atom. The molecular formula is C33H31ClF2N6O3. The molecule has 1 aromatic heterocycles. The normalized spacial score (nSPS) is 18.8. The molecule has 2 aliphatic heterocycles. The van der Waals surface area contributed by atoms with Gasteiger partial charge < -0.3 is 29.4 Å². The summed E-state index contributed by atoms with van der Waals surface area (Å²) < 4.78 is 36.6. The molecule has 0 unspecified atom stereocenters. The third kappa shape index (κ3) is 5.72.